The van der Waals surface area contributed by atoms with Gasteiger partial charge in [0.05, 0.1) is 17.8 Å². The maximum absolute atomic E-state index is 12.9. The van der Waals surface area contributed by atoms with Crippen molar-refractivity contribution >= 4 is 11.6 Å². The highest BCUT2D eigenvalue weighted by Gasteiger charge is 2.33. The summed E-state index contributed by atoms with van der Waals surface area (Å²) in [6, 6.07) is 4.99. The number of anilines is 1. The van der Waals surface area contributed by atoms with Gasteiger partial charge in [0.1, 0.15) is 0 Å². The minimum absolute atomic E-state index is 0.0860. The van der Waals surface area contributed by atoms with Gasteiger partial charge >= 0.3 is 6.18 Å². The van der Waals surface area contributed by atoms with Gasteiger partial charge in [-0.3, -0.25) is 14.6 Å². The van der Waals surface area contributed by atoms with E-state index in [-0.39, 0.29) is 12.2 Å². The third-order valence-electron chi connectivity index (χ3n) is 3.78. The number of halogens is 3. The first-order valence-electron chi connectivity index (χ1n) is 7.51. The minimum atomic E-state index is -4.49. The second-order valence-corrected chi connectivity index (χ2v) is 5.50. The number of rotatable bonds is 5. The fraction of sp³-hybridized carbons (Fsp3) is 0.533. The molecule has 0 atom stereocenters. The van der Waals surface area contributed by atoms with Crippen molar-refractivity contribution in [3.8, 4) is 0 Å². The highest BCUT2D eigenvalue weighted by atomic mass is 19.4. The van der Waals surface area contributed by atoms with Gasteiger partial charge in [-0.2, -0.15) is 13.2 Å². The van der Waals surface area contributed by atoms with E-state index in [1.807, 2.05) is 4.90 Å². The molecule has 23 heavy (non-hydrogen) atoms. The van der Waals surface area contributed by atoms with Crippen molar-refractivity contribution in [1.29, 1.82) is 0 Å². The number of nitrogens with one attached hydrogen (secondary N) is 1. The molecule has 0 bridgehead atoms. The summed E-state index contributed by atoms with van der Waals surface area (Å²) in [5.74, 6) is -0.436. The molecule has 0 unspecified atom stereocenters. The number of nitrogens with zero attached hydrogens (tertiary/aromatic N) is 2. The molecule has 1 heterocycles. The van der Waals surface area contributed by atoms with E-state index in [9.17, 15) is 18.0 Å². The lowest BCUT2D eigenvalue weighted by atomic mass is 10.1. The summed E-state index contributed by atoms with van der Waals surface area (Å²) in [4.78, 5) is 16.1. The highest BCUT2D eigenvalue weighted by Crippen LogP contribution is 2.34. The molecule has 0 radical (unpaired) electrons. The third kappa shape index (κ3) is 5.19. The maximum Gasteiger partial charge on any atom is 0.418 e. The van der Waals surface area contributed by atoms with Crippen LogP contribution in [0.4, 0.5) is 18.9 Å². The van der Waals surface area contributed by atoms with Crippen molar-refractivity contribution < 1.29 is 18.0 Å². The first kappa shape index (κ1) is 17.7. The summed E-state index contributed by atoms with van der Waals surface area (Å²) in [7, 11) is 0. The summed E-state index contributed by atoms with van der Waals surface area (Å²) < 4.78 is 38.7. The molecule has 1 fully saturated rings. The number of piperazine rings is 1. The Morgan fingerprint density at radius 1 is 1.13 bits per heavy atom. The fourth-order valence-electron chi connectivity index (χ4n) is 2.59. The molecule has 0 saturated carbocycles. The van der Waals surface area contributed by atoms with Crippen LogP contribution in [0.25, 0.3) is 0 Å². The SMILES string of the molecule is NCCN1CCN(CC(=O)Nc2ccccc2C(F)(F)F)CC1. The van der Waals surface area contributed by atoms with Gasteiger partial charge in [0.25, 0.3) is 0 Å². The van der Waals surface area contributed by atoms with Crippen LogP contribution in [-0.2, 0) is 11.0 Å². The molecule has 5 nitrogen and oxygen atoms in total. The molecule has 1 saturated heterocycles. The van der Waals surface area contributed by atoms with Crippen LogP contribution in [0.1, 0.15) is 5.56 Å². The summed E-state index contributed by atoms with van der Waals surface area (Å²) in [5.41, 5.74) is 4.46. The van der Waals surface area contributed by atoms with Crippen LogP contribution in [-0.4, -0.2) is 61.5 Å². The van der Waals surface area contributed by atoms with E-state index in [0.717, 1.165) is 25.7 Å². The van der Waals surface area contributed by atoms with E-state index in [0.29, 0.717) is 19.6 Å². The number of carbonyl (C=O) groups excluding carboxylic acids is 1. The highest BCUT2D eigenvalue weighted by molar-refractivity contribution is 5.93. The molecule has 1 aliphatic rings. The van der Waals surface area contributed by atoms with Crippen molar-refractivity contribution in [3.63, 3.8) is 0 Å². The van der Waals surface area contributed by atoms with E-state index in [1.54, 1.807) is 0 Å². The Bertz CT molecular complexity index is 528. The Hall–Kier alpha value is -1.64. The topological polar surface area (TPSA) is 61.6 Å². The van der Waals surface area contributed by atoms with Crippen molar-refractivity contribution in [1.82, 2.24) is 9.80 Å². The standard InChI is InChI=1S/C15H21F3N4O/c16-15(17,18)12-3-1-2-4-13(12)20-14(23)11-22-9-7-21(6-5-19)8-10-22/h1-4H,5-11,19H2,(H,20,23). The molecule has 1 aliphatic heterocycles. The number of hydrogen-bond donors (Lipinski definition) is 2. The first-order valence-corrected chi connectivity index (χ1v) is 7.51. The first-order chi connectivity index (χ1) is 10.9. The van der Waals surface area contributed by atoms with Crippen molar-refractivity contribution in [3.05, 3.63) is 29.8 Å². The fourth-order valence-corrected chi connectivity index (χ4v) is 2.59. The zero-order valence-corrected chi connectivity index (χ0v) is 12.8. The zero-order chi connectivity index (χ0) is 16.9. The number of nitrogens with two attached hydrogens (primary N) is 1. The second-order valence-electron chi connectivity index (χ2n) is 5.50. The number of hydrogen-bond acceptors (Lipinski definition) is 4. The van der Waals surface area contributed by atoms with Gasteiger partial charge in [-0.1, -0.05) is 12.1 Å². The van der Waals surface area contributed by atoms with E-state index < -0.39 is 17.6 Å². The van der Waals surface area contributed by atoms with Gasteiger partial charge in [-0.05, 0) is 12.1 Å². The Labute approximate surface area is 133 Å². The van der Waals surface area contributed by atoms with Crippen LogP contribution < -0.4 is 11.1 Å². The molecular formula is C15H21F3N4O. The summed E-state index contributed by atoms with van der Waals surface area (Å²) >= 11 is 0. The van der Waals surface area contributed by atoms with E-state index in [2.05, 4.69) is 10.2 Å². The van der Waals surface area contributed by atoms with Gasteiger partial charge in [0.2, 0.25) is 5.91 Å². The quantitative estimate of drug-likeness (QED) is 0.852. The third-order valence-corrected chi connectivity index (χ3v) is 3.78. The smallest absolute Gasteiger partial charge is 0.329 e. The van der Waals surface area contributed by atoms with E-state index >= 15 is 0 Å². The zero-order valence-electron chi connectivity index (χ0n) is 12.8. The van der Waals surface area contributed by atoms with Gasteiger partial charge in [0.15, 0.2) is 0 Å². The Balaban J connectivity index is 1.89. The number of carbonyl (C=O) groups is 1. The summed E-state index contributed by atoms with van der Waals surface area (Å²) in [6.45, 7) is 4.52. The molecule has 128 valence electrons. The molecule has 0 aliphatic carbocycles. The molecule has 8 heteroatoms. The van der Waals surface area contributed by atoms with Gasteiger partial charge < -0.3 is 11.1 Å². The number of amides is 1. The molecule has 1 aromatic carbocycles. The Morgan fingerprint density at radius 3 is 2.35 bits per heavy atom. The van der Waals surface area contributed by atoms with Gasteiger partial charge in [-0.15, -0.1) is 0 Å². The second kappa shape index (κ2) is 7.76. The largest absolute Gasteiger partial charge is 0.418 e. The van der Waals surface area contributed by atoms with Crippen LogP contribution in [0.5, 0.6) is 0 Å². The van der Waals surface area contributed by atoms with Gasteiger partial charge in [0, 0.05) is 39.3 Å². The van der Waals surface area contributed by atoms with Gasteiger partial charge in [-0.25, -0.2) is 0 Å². The predicted molar refractivity (Wildman–Crippen MR) is 82.0 cm³/mol. The Kier molecular flexibility index (Phi) is 5.97. The normalized spacial score (nSPS) is 17.2. The molecule has 2 rings (SSSR count). The molecule has 3 N–H and O–H groups in total. The average molecular weight is 330 g/mol. The maximum atomic E-state index is 12.9. The average Bonchev–Trinajstić information content (AvgIpc) is 2.49. The lowest BCUT2D eigenvalue weighted by Gasteiger charge is -2.34. The number of benzene rings is 1. The summed E-state index contributed by atoms with van der Waals surface area (Å²) in [6.07, 6.45) is -4.49. The number of para-hydroxylation sites is 1. The van der Waals surface area contributed by atoms with Crippen molar-refractivity contribution in [2.75, 3.05) is 51.1 Å². The monoisotopic (exact) mass is 330 g/mol. The lowest BCUT2D eigenvalue weighted by molar-refractivity contribution is -0.137. The molecule has 0 spiro atoms. The minimum Gasteiger partial charge on any atom is -0.329 e. The molecule has 1 aromatic rings. The predicted octanol–water partition coefficient (Wildman–Crippen LogP) is 1.22. The van der Waals surface area contributed by atoms with Crippen LogP contribution in [0.15, 0.2) is 24.3 Å². The molecule has 0 aromatic heterocycles. The van der Waals surface area contributed by atoms with Crippen molar-refractivity contribution in [2.24, 2.45) is 5.73 Å². The van der Waals surface area contributed by atoms with Crippen LogP contribution in [0.2, 0.25) is 0 Å². The number of alkyl halides is 3. The Morgan fingerprint density at radius 2 is 1.74 bits per heavy atom. The van der Waals surface area contributed by atoms with Crippen LogP contribution in [0, 0.1) is 0 Å². The van der Waals surface area contributed by atoms with E-state index in [1.165, 1.54) is 18.2 Å². The summed E-state index contributed by atoms with van der Waals surface area (Å²) in [5, 5.41) is 2.37. The van der Waals surface area contributed by atoms with Crippen LogP contribution in [0.3, 0.4) is 0 Å². The van der Waals surface area contributed by atoms with Crippen molar-refractivity contribution in [2.45, 2.75) is 6.18 Å². The lowest BCUT2D eigenvalue weighted by Crippen LogP contribution is -2.49. The molecular weight excluding hydrogens is 309 g/mol. The van der Waals surface area contributed by atoms with Crippen LogP contribution >= 0.6 is 0 Å². The van der Waals surface area contributed by atoms with E-state index in [4.69, 9.17) is 5.73 Å². The molecule has 1 amide bonds.